The Morgan fingerprint density at radius 2 is 1.90 bits per heavy atom. The normalized spacial score (nSPS) is 19.5. The third-order valence-corrected chi connectivity index (χ3v) is 6.52. The molecule has 3 heterocycles. The Bertz CT molecular complexity index is 1020. The maximum Gasteiger partial charge on any atom is 0.266 e. The second-order valence-corrected chi connectivity index (χ2v) is 9.91. The van der Waals surface area contributed by atoms with Gasteiger partial charge >= 0.3 is 0 Å². The molecular weight excluding hydrogens is 394 g/mol. The van der Waals surface area contributed by atoms with Crippen LogP contribution in [0.2, 0.25) is 0 Å². The third-order valence-electron chi connectivity index (χ3n) is 5.48. The molecule has 6 heteroatoms. The van der Waals surface area contributed by atoms with E-state index >= 15 is 0 Å². The van der Waals surface area contributed by atoms with Gasteiger partial charge < -0.3 is 9.64 Å². The number of hydrogen-bond donors (Lipinski definition) is 0. The van der Waals surface area contributed by atoms with Crippen molar-refractivity contribution in [3.63, 3.8) is 0 Å². The van der Waals surface area contributed by atoms with Gasteiger partial charge in [-0.05, 0) is 51.8 Å². The Morgan fingerprint density at radius 1 is 1.13 bits per heavy atom. The van der Waals surface area contributed by atoms with Crippen LogP contribution in [-0.4, -0.2) is 38.0 Å². The SMILES string of the molecule is CC1(C)C[C@H](N(Cc2ccccc2)C(=O)c2cnc(-c3cccnc3)s2)C(C)(C)O1. The van der Waals surface area contributed by atoms with Crippen molar-refractivity contribution in [2.75, 3.05) is 0 Å². The van der Waals surface area contributed by atoms with Gasteiger partial charge in [0.25, 0.3) is 5.91 Å². The van der Waals surface area contributed by atoms with E-state index < -0.39 is 5.60 Å². The molecule has 1 amide bonds. The van der Waals surface area contributed by atoms with Gasteiger partial charge in [-0.25, -0.2) is 4.98 Å². The van der Waals surface area contributed by atoms with Crippen LogP contribution in [0.1, 0.15) is 49.4 Å². The standard InChI is InChI=1S/C24H27N3O2S/c1-23(2)13-20(24(3,4)29-23)27(16-17-9-6-5-7-10-17)22(28)19-15-26-21(30-19)18-11-8-12-25-14-18/h5-12,14-15,20H,13,16H2,1-4H3/t20-/m0/s1. The van der Waals surface area contributed by atoms with Crippen molar-refractivity contribution in [2.24, 2.45) is 0 Å². The van der Waals surface area contributed by atoms with Gasteiger partial charge in [-0.2, -0.15) is 0 Å². The van der Waals surface area contributed by atoms with E-state index in [1.807, 2.05) is 35.2 Å². The fourth-order valence-electron chi connectivity index (χ4n) is 4.26. The molecule has 30 heavy (non-hydrogen) atoms. The Morgan fingerprint density at radius 3 is 2.53 bits per heavy atom. The van der Waals surface area contributed by atoms with Crippen molar-refractivity contribution >= 4 is 17.2 Å². The monoisotopic (exact) mass is 421 g/mol. The van der Waals surface area contributed by atoms with Crippen LogP contribution in [0, 0.1) is 0 Å². The summed E-state index contributed by atoms with van der Waals surface area (Å²) in [5.41, 5.74) is 1.30. The molecule has 156 valence electrons. The molecule has 1 aliphatic rings. The highest BCUT2D eigenvalue weighted by Crippen LogP contribution is 2.41. The summed E-state index contributed by atoms with van der Waals surface area (Å²) >= 11 is 1.41. The van der Waals surface area contributed by atoms with Gasteiger partial charge in [0.05, 0.1) is 23.4 Å². The minimum Gasteiger partial charge on any atom is -0.367 e. The van der Waals surface area contributed by atoms with Gasteiger partial charge in [-0.1, -0.05) is 30.3 Å². The van der Waals surface area contributed by atoms with Gasteiger partial charge in [-0.3, -0.25) is 9.78 Å². The summed E-state index contributed by atoms with van der Waals surface area (Å²) in [6, 6.07) is 13.9. The van der Waals surface area contributed by atoms with E-state index in [9.17, 15) is 4.79 Å². The number of carbonyl (C=O) groups is 1. The lowest BCUT2D eigenvalue weighted by Gasteiger charge is -2.36. The van der Waals surface area contributed by atoms with Crippen LogP contribution >= 0.6 is 11.3 Å². The molecule has 0 bridgehead atoms. The topological polar surface area (TPSA) is 55.3 Å². The molecule has 0 radical (unpaired) electrons. The fourth-order valence-corrected chi connectivity index (χ4v) is 5.12. The summed E-state index contributed by atoms with van der Waals surface area (Å²) in [7, 11) is 0. The average molecular weight is 422 g/mol. The lowest BCUT2D eigenvalue weighted by Crippen LogP contribution is -2.48. The summed E-state index contributed by atoms with van der Waals surface area (Å²) in [4.78, 5) is 24.9. The van der Waals surface area contributed by atoms with E-state index in [0.717, 1.165) is 22.6 Å². The second-order valence-electron chi connectivity index (χ2n) is 8.88. The Balaban J connectivity index is 1.67. The highest BCUT2D eigenvalue weighted by atomic mass is 32.1. The van der Waals surface area contributed by atoms with Crippen molar-refractivity contribution < 1.29 is 9.53 Å². The zero-order valence-corrected chi connectivity index (χ0v) is 18.6. The number of carbonyl (C=O) groups excluding carboxylic acids is 1. The molecule has 2 aromatic heterocycles. The Kier molecular flexibility index (Phi) is 5.47. The molecule has 5 nitrogen and oxygen atoms in total. The molecule has 1 fully saturated rings. The van der Waals surface area contributed by atoms with Crippen LogP contribution in [0.15, 0.2) is 61.1 Å². The number of rotatable bonds is 5. The van der Waals surface area contributed by atoms with E-state index in [2.05, 4.69) is 49.8 Å². The van der Waals surface area contributed by atoms with Gasteiger partial charge in [0.2, 0.25) is 0 Å². The molecular formula is C24H27N3O2S. The van der Waals surface area contributed by atoms with Crippen LogP contribution < -0.4 is 0 Å². The number of pyridine rings is 1. The summed E-state index contributed by atoms with van der Waals surface area (Å²) < 4.78 is 6.31. The lowest BCUT2D eigenvalue weighted by atomic mass is 9.92. The molecule has 0 unspecified atom stereocenters. The molecule has 4 rings (SSSR count). The predicted octanol–water partition coefficient (Wildman–Crippen LogP) is 5.19. The van der Waals surface area contributed by atoms with E-state index in [1.165, 1.54) is 11.3 Å². The maximum atomic E-state index is 13.7. The second kappa shape index (κ2) is 7.93. The molecule has 0 N–H and O–H groups in total. The zero-order valence-electron chi connectivity index (χ0n) is 17.8. The van der Waals surface area contributed by atoms with Crippen LogP contribution in [-0.2, 0) is 11.3 Å². The number of thiazole rings is 1. The summed E-state index contributed by atoms with van der Waals surface area (Å²) in [6.07, 6.45) is 5.97. The highest BCUT2D eigenvalue weighted by molar-refractivity contribution is 7.16. The molecule has 0 spiro atoms. The van der Waals surface area contributed by atoms with E-state index in [4.69, 9.17) is 4.74 Å². The van der Waals surface area contributed by atoms with Crippen LogP contribution in [0.25, 0.3) is 10.6 Å². The number of nitrogens with zero attached hydrogens (tertiary/aromatic N) is 3. The number of benzene rings is 1. The molecule has 1 saturated heterocycles. The first-order valence-electron chi connectivity index (χ1n) is 10.2. The van der Waals surface area contributed by atoms with E-state index in [-0.39, 0.29) is 17.6 Å². The Labute approximate surface area is 181 Å². The van der Waals surface area contributed by atoms with Gasteiger partial charge in [0.15, 0.2) is 0 Å². The lowest BCUT2D eigenvalue weighted by molar-refractivity contribution is -0.0785. The molecule has 1 aliphatic heterocycles. The maximum absolute atomic E-state index is 13.7. The zero-order chi connectivity index (χ0) is 21.4. The first kappa shape index (κ1) is 20.7. The smallest absolute Gasteiger partial charge is 0.266 e. The fraction of sp³-hybridized carbons (Fsp3) is 0.375. The quantitative estimate of drug-likeness (QED) is 0.569. The van der Waals surface area contributed by atoms with E-state index in [0.29, 0.717) is 11.4 Å². The molecule has 3 aromatic rings. The van der Waals surface area contributed by atoms with Crippen LogP contribution in [0.3, 0.4) is 0 Å². The summed E-state index contributed by atoms with van der Waals surface area (Å²) in [5.74, 6) is -0.00846. The molecule has 0 aliphatic carbocycles. The van der Waals surface area contributed by atoms with Gasteiger partial charge in [-0.15, -0.1) is 11.3 Å². The van der Waals surface area contributed by atoms with Crippen molar-refractivity contribution in [3.05, 3.63) is 71.5 Å². The minimum absolute atomic E-state index is 0.00846. The molecule has 0 saturated carbocycles. The largest absolute Gasteiger partial charge is 0.367 e. The van der Waals surface area contributed by atoms with Gasteiger partial charge in [0, 0.05) is 24.5 Å². The third kappa shape index (κ3) is 4.30. The van der Waals surface area contributed by atoms with Gasteiger partial charge in [0.1, 0.15) is 9.88 Å². The molecule has 1 aromatic carbocycles. The first-order valence-corrected chi connectivity index (χ1v) is 11.0. The van der Waals surface area contributed by atoms with Crippen LogP contribution in [0.5, 0.6) is 0 Å². The highest BCUT2D eigenvalue weighted by Gasteiger charge is 2.49. The average Bonchev–Trinajstić information content (AvgIpc) is 3.29. The van der Waals surface area contributed by atoms with Crippen molar-refractivity contribution in [2.45, 2.75) is 57.9 Å². The predicted molar refractivity (Wildman–Crippen MR) is 119 cm³/mol. The molecule has 1 atom stereocenters. The first-order chi connectivity index (χ1) is 14.3. The van der Waals surface area contributed by atoms with Crippen molar-refractivity contribution in [3.8, 4) is 10.6 Å². The number of aromatic nitrogens is 2. The number of ether oxygens (including phenoxy) is 1. The number of hydrogen-bond acceptors (Lipinski definition) is 5. The van der Waals surface area contributed by atoms with E-state index in [1.54, 1.807) is 18.6 Å². The summed E-state index contributed by atoms with van der Waals surface area (Å²) in [6.45, 7) is 8.87. The van der Waals surface area contributed by atoms with Crippen LogP contribution in [0.4, 0.5) is 0 Å². The van der Waals surface area contributed by atoms with Crippen molar-refractivity contribution in [1.82, 2.24) is 14.9 Å². The number of amides is 1. The Hall–Kier alpha value is -2.57. The minimum atomic E-state index is -0.440. The summed E-state index contributed by atoms with van der Waals surface area (Å²) in [5, 5.41) is 0.799. The van der Waals surface area contributed by atoms with Crippen molar-refractivity contribution in [1.29, 1.82) is 0 Å².